The lowest BCUT2D eigenvalue weighted by Crippen LogP contribution is -2.64. The molecule has 0 bridgehead atoms. The summed E-state index contributed by atoms with van der Waals surface area (Å²) >= 11 is 0. The van der Waals surface area contributed by atoms with Crippen LogP contribution >= 0.6 is 0 Å². The summed E-state index contributed by atoms with van der Waals surface area (Å²) in [5, 5.41) is 12.7. The van der Waals surface area contributed by atoms with Gasteiger partial charge in [-0.1, -0.05) is 48.5 Å². The van der Waals surface area contributed by atoms with E-state index < -0.39 is 36.1 Å². The van der Waals surface area contributed by atoms with Crippen molar-refractivity contribution in [2.45, 2.75) is 38.0 Å². The molecule has 2 aromatic carbocycles. The Bertz CT molecular complexity index is 1030. The summed E-state index contributed by atoms with van der Waals surface area (Å²) in [6.07, 6.45) is 3.46. The normalized spacial score (nSPS) is 24.7. The number of esters is 2. The van der Waals surface area contributed by atoms with Crippen LogP contribution in [0.3, 0.4) is 0 Å². The molecule has 0 saturated carbocycles. The first-order valence-electron chi connectivity index (χ1n) is 10.8. The lowest BCUT2D eigenvalue weighted by Gasteiger charge is -2.53. The second-order valence-corrected chi connectivity index (χ2v) is 7.79. The molecule has 0 N–H and O–H groups in total. The van der Waals surface area contributed by atoms with Crippen LogP contribution in [0.15, 0.2) is 58.7 Å². The zero-order valence-corrected chi connectivity index (χ0v) is 17.9. The molecule has 0 aliphatic carbocycles. The second kappa shape index (κ2) is 8.11. The molecule has 8 nitrogen and oxygen atoms in total. The van der Waals surface area contributed by atoms with Gasteiger partial charge in [-0.05, 0) is 36.1 Å². The van der Waals surface area contributed by atoms with Crippen LogP contribution in [-0.2, 0) is 19.1 Å². The Hall–Kier alpha value is -3.68. The van der Waals surface area contributed by atoms with Crippen molar-refractivity contribution in [2.75, 3.05) is 13.2 Å². The van der Waals surface area contributed by atoms with E-state index >= 15 is 0 Å². The molecular weight excluding hydrogens is 408 g/mol. The fourth-order valence-electron chi connectivity index (χ4n) is 4.82. The van der Waals surface area contributed by atoms with Crippen molar-refractivity contribution in [1.29, 1.82) is 0 Å². The van der Waals surface area contributed by atoms with Crippen LogP contribution in [0.2, 0.25) is 0 Å². The number of ether oxygens (including phenoxy) is 2. The van der Waals surface area contributed by atoms with Gasteiger partial charge >= 0.3 is 11.9 Å². The van der Waals surface area contributed by atoms with E-state index in [1.54, 1.807) is 36.3 Å². The smallest absolute Gasteiger partial charge is 0.333 e. The Labute approximate surface area is 186 Å². The average molecular weight is 432 g/mol. The highest BCUT2D eigenvalue weighted by atomic mass is 16.5. The maximum Gasteiger partial charge on any atom is 0.333 e. The molecule has 4 unspecified atom stereocenters. The van der Waals surface area contributed by atoms with Gasteiger partial charge in [0.15, 0.2) is 12.1 Å². The first kappa shape index (κ1) is 20.2. The zero-order valence-electron chi connectivity index (χ0n) is 17.9. The highest BCUT2D eigenvalue weighted by molar-refractivity contribution is 5.89. The number of rotatable bonds is 4. The van der Waals surface area contributed by atoms with E-state index in [2.05, 4.69) is 10.2 Å². The number of carbonyl (C=O) groups is 2. The highest BCUT2D eigenvalue weighted by Gasteiger charge is 2.57. The topological polar surface area (TPSA) is 83.8 Å². The van der Waals surface area contributed by atoms with Crippen LogP contribution in [0.25, 0.3) is 0 Å². The van der Waals surface area contributed by atoms with E-state index in [4.69, 9.17) is 9.47 Å². The third-order valence-corrected chi connectivity index (χ3v) is 6.08. The van der Waals surface area contributed by atoms with Crippen molar-refractivity contribution in [3.05, 3.63) is 70.8 Å². The first-order chi connectivity index (χ1) is 15.7. The summed E-state index contributed by atoms with van der Waals surface area (Å²) in [5.74, 6) is -0.809. The van der Waals surface area contributed by atoms with Gasteiger partial charge in [0.2, 0.25) is 0 Å². The number of hydrogen-bond acceptors (Lipinski definition) is 8. The quantitative estimate of drug-likeness (QED) is 0.691. The fraction of sp³-hybridized carbons (Fsp3) is 0.333. The number of carbonyl (C=O) groups excluding carboxylic acids is 2. The molecule has 32 heavy (non-hydrogen) atoms. The van der Waals surface area contributed by atoms with Crippen molar-refractivity contribution in [1.82, 2.24) is 10.0 Å². The average Bonchev–Trinajstić information content (AvgIpc) is 2.82. The summed E-state index contributed by atoms with van der Waals surface area (Å²) in [6.45, 7) is 4.04. The van der Waals surface area contributed by atoms with Crippen molar-refractivity contribution in [3.63, 3.8) is 0 Å². The molecule has 1 fully saturated rings. The number of hydrogen-bond donors (Lipinski definition) is 0. The van der Waals surface area contributed by atoms with Gasteiger partial charge in [0.1, 0.15) is 12.1 Å². The van der Waals surface area contributed by atoms with Crippen LogP contribution in [0, 0.1) is 0 Å². The maximum absolute atomic E-state index is 13.3. The Morgan fingerprint density at radius 1 is 0.750 bits per heavy atom. The zero-order chi connectivity index (χ0) is 22.2. The standard InChI is InChI=1S/C24H24N4O4/c1-3-31-23(29)21-19-17-11-7-5-9-15(17)14-26-28(19)22(24(30)32-4-2)20-18-12-8-6-10-16(18)13-25-27(20)21/h5-14,19-22H,3-4H2,1-2H3. The molecule has 5 rings (SSSR count). The predicted octanol–water partition coefficient (Wildman–Crippen LogP) is 2.65. The fourth-order valence-corrected chi connectivity index (χ4v) is 4.82. The minimum atomic E-state index is -0.783. The molecule has 3 aliphatic rings. The Morgan fingerprint density at radius 3 is 1.56 bits per heavy atom. The summed E-state index contributed by atoms with van der Waals surface area (Å²) in [7, 11) is 0. The van der Waals surface area contributed by atoms with Gasteiger partial charge in [0.25, 0.3) is 0 Å². The molecule has 0 spiro atoms. The molecule has 3 aliphatic heterocycles. The number of nitrogens with zero attached hydrogens (tertiary/aromatic N) is 4. The monoisotopic (exact) mass is 432 g/mol. The molecular formula is C24H24N4O4. The van der Waals surface area contributed by atoms with Gasteiger partial charge < -0.3 is 9.47 Å². The molecule has 0 radical (unpaired) electrons. The predicted molar refractivity (Wildman–Crippen MR) is 118 cm³/mol. The van der Waals surface area contributed by atoms with E-state index in [9.17, 15) is 9.59 Å². The van der Waals surface area contributed by atoms with Crippen molar-refractivity contribution < 1.29 is 19.1 Å². The highest BCUT2D eigenvalue weighted by Crippen LogP contribution is 2.48. The largest absolute Gasteiger partial charge is 0.464 e. The lowest BCUT2D eigenvalue weighted by atomic mass is 9.83. The van der Waals surface area contributed by atoms with Gasteiger partial charge in [0.05, 0.1) is 25.6 Å². The molecule has 4 atom stereocenters. The molecule has 3 heterocycles. The third-order valence-electron chi connectivity index (χ3n) is 6.08. The van der Waals surface area contributed by atoms with Gasteiger partial charge in [-0.3, -0.25) is 10.0 Å². The maximum atomic E-state index is 13.3. The van der Waals surface area contributed by atoms with Crippen LogP contribution < -0.4 is 0 Å². The molecule has 164 valence electrons. The number of benzene rings is 2. The Balaban J connectivity index is 1.72. The van der Waals surface area contributed by atoms with E-state index in [1.165, 1.54) is 0 Å². The van der Waals surface area contributed by atoms with Gasteiger partial charge in [-0.25, -0.2) is 9.59 Å². The lowest BCUT2D eigenvalue weighted by molar-refractivity contribution is -0.175. The Kier molecular flexibility index (Phi) is 5.13. The second-order valence-electron chi connectivity index (χ2n) is 7.79. The molecule has 0 aromatic heterocycles. The minimum Gasteiger partial charge on any atom is -0.464 e. The van der Waals surface area contributed by atoms with Crippen LogP contribution in [0.4, 0.5) is 0 Å². The number of hydrazone groups is 2. The molecule has 1 saturated heterocycles. The van der Waals surface area contributed by atoms with Crippen molar-refractivity contribution in [2.24, 2.45) is 10.2 Å². The number of fused-ring (bicyclic) bond motifs is 6. The van der Waals surface area contributed by atoms with Gasteiger partial charge in [0, 0.05) is 0 Å². The van der Waals surface area contributed by atoms with Crippen LogP contribution in [-0.4, -0.2) is 59.7 Å². The Morgan fingerprint density at radius 2 is 1.16 bits per heavy atom. The van der Waals surface area contributed by atoms with E-state index in [0.717, 1.165) is 22.3 Å². The third kappa shape index (κ3) is 3.05. The summed E-state index contributed by atoms with van der Waals surface area (Å²) in [4.78, 5) is 26.6. The molecule has 8 heteroatoms. The summed E-state index contributed by atoms with van der Waals surface area (Å²) < 4.78 is 11.0. The van der Waals surface area contributed by atoms with Crippen LogP contribution in [0.1, 0.15) is 48.2 Å². The van der Waals surface area contributed by atoms with Crippen molar-refractivity contribution >= 4 is 24.4 Å². The minimum absolute atomic E-state index is 0.243. The van der Waals surface area contributed by atoms with E-state index in [1.807, 2.05) is 48.5 Å². The van der Waals surface area contributed by atoms with E-state index in [-0.39, 0.29) is 13.2 Å². The number of piperazine rings is 1. The molecule has 2 aromatic rings. The summed E-state index contributed by atoms with van der Waals surface area (Å²) in [5.41, 5.74) is 3.57. The first-order valence-corrected chi connectivity index (χ1v) is 10.8. The van der Waals surface area contributed by atoms with Gasteiger partial charge in [-0.2, -0.15) is 10.2 Å². The summed E-state index contributed by atoms with van der Waals surface area (Å²) in [6, 6.07) is 12.8. The SMILES string of the molecule is CCOC(=O)C1C2c3ccccc3C=NN2C(C(=O)OCC)C2c3ccccc3C=NN12. The van der Waals surface area contributed by atoms with E-state index in [0.29, 0.717) is 0 Å². The van der Waals surface area contributed by atoms with Crippen LogP contribution in [0.5, 0.6) is 0 Å². The van der Waals surface area contributed by atoms with Gasteiger partial charge in [-0.15, -0.1) is 0 Å². The van der Waals surface area contributed by atoms with Crippen molar-refractivity contribution in [3.8, 4) is 0 Å². The molecule has 0 amide bonds.